The van der Waals surface area contributed by atoms with Crippen molar-refractivity contribution in [2.24, 2.45) is 0 Å². The molecule has 0 saturated carbocycles. The zero-order valence-corrected chi connectivity index (χ0v) is 12.8. The summed E-state index contributed by atoms with van der Waals surface area (Å²) in [7, 11) is 1.50. The molecular weight excluding hydrogens is 294 g/mol. The van der Waals surface area contributed by atoms with Gasteiger partial charge in [0.1, 0.15) is 5.75 Å². The van der Waals surface area contributed by atoms with Gasteiger partial charge in [0.25, 0.3) is 5.91 Å². The minimum atomic E-state index is -0.873. The SMILES string of the molecule is C=CCNC(=O)[C@H](C)OC(=O)Cc1cc(Cl)ccc1OC. The van der Waals surface area contributed by atoms with Crippen LogP contribution in [0.2, 0.25) is 5.02 Å². The molecule has 114 valence electrons. The molecule has 1 aromatic rings. The number of hydrogen-bond donors (Lipinski definition) is 1. The van der Waals surface area contributed by atoms with Gasteiger partial charge in [-0.05, 0) is 25.1 Å². The molecule has 1 rings (SSSR count). The third-order valence-corrected chi connectivity index (χ3v) is 2.91. The molecule has 1 atom stereocenters. The van der Waals surface area contributed by atoms with Crippen molar-refractivity contribution >= 4 is 23.5 Å². The summed E-state index contributed by atoms with van der Waals surface area (Å²) in [5.74, 6) is -0.363. The average Bonchev–Trinajstić information content (AvgIpc) is 2.44. The summed E-state index contributed by atoms with van der Waals surface area (Å²) in [6, 6.07) is 4.97. The zero-order valence-electron chi connectivity index (χ0n) is 12.0. The van der Waals surface area contributed by atoms with Crippen LogP contribution in [0.5, 0.6) is 5.75 Å². The highest BCUT2D eigenvalue weighted by Crippen LogP contribution is 2.23. The van der Waals surface area contributed by atoms with Crippen molar-refractivity contribution in [3.8, 4) is 5.75 Å². The van der Waals surface area contributed by atoms with Crippen molar-refractivity contribution in [1.82, 2.24) is 5.32 Å². The fourth-order valence-corrected chi connectivity index (χ4v) is 1.84. The molecule has 0 aliphatic heterocycles. The lowest BCUT2D eigenvalue weighted by Gasteiger charge is -2.14. The van der Waals surface area contributed by atoms with E-state index in [2.05, 4.69) is 11.9 Å². The van der Waals surface area contributed by atoms with E-state index in [1.165, 1.54) is 14.0 Å². The van der Waals surface area contributed by atoms with Gasteiger partial charge in [-0.3, -0.25) is 9.59 Å². The van der Waals surface area contributed by atoms with Crippen molar-refractivity contribution in [2.45, 2.75) is 19.4 Å². The topological polar surface area (TPSA) is 64.6 Å². The minimum Gasteiger partial charge on any atom is -0.496 e. The number of methoxy groups -OCH3 is 1. The molecule has 0 fully saturated rings. The van der Waals surface area contributed by atoms with Crippen molar-refractivity contribution in [3.05, 3.63) is 41.4 Å². The summed E-state index contributed by atoms with van der Waals surface area (Å²) >= 11 is 5.89. The van der Waals surface area contributed by atoms with Gasteiger partial charge in [-0.25, -0.2) is 0 Å². The van der Waals surface area contributed by atoms with E-state index in [9.17, 15) is 9.59 Å². The number of benzene rings is 1. The van der Waals surface area contributed by atoms with Crippen LogP contribution >= 0.6 is 11.6 Å². The predicted molar refractivity (Wildman–Crippen MR) is 80.5 cm³/mol. The molecule has 0 aliphatic carbocycles. The summed E-state index contributed by atoms with van der Waals surface area (Å²) in [4.78, 5) is 23.4. The van der Waals surface area contributed by atoms with Crippen LogP contribution in [0.15, 0.2) is 30.9 Å². The first-order valence-corrected chi connectivity index (χ1v) is 6.76. The summed E-state index contributed by atoms with van der Waals surface area (Å²) in [6.45, 7) is 5.31. The second kappa shape index (κ2) is 8.32. The van der Waals surface area contributed by atoms with Gasteiger partial charge in [-0.1, -0.05) is 17.7 Å². The number of nitrogens with one attached hydrogen (secondary N) is 1. The maximum Gasteiger partial charge on any atom is 0.311 e. The third-order valence-electron chi connectivity index (χ3n) is 2.68. The molecule has 0 aromatic heterocycles. The molecule has 0 unspecified atom stereocenters. The van der Waals surface area contributed by atoms with E-state index in [0.717, 1.165) is 0 Å². The summed E-state index contributed by atoms with van der Waals surface area (Å²) in [5.41, 5.74) is 0.605. The second-order valence-electron chi connectivity index (χ2n) is 4.30. The fourth-order valence-electron chi connectivity index (χ4n) is 1.65. The Morgan fingerprint density at radius 3 is 2.81 bits per heavy atom. The standard InChI is InChI=1S/C15H18ClNO4/c1-4-7-17-15(19)10(2)21-14(18)9-11-8-12(16)5-6-13(11)20-3/h4-6,8,10H,1,7,9H2,2-3H3,(H,17,19)/t10-/m0/s1. The Hall–Kier alpha value is -2.01. The quantitative estimate of drug-likeness (QED) is 0.619. The molecule has 0 aliphatic rings. The Morgan fingerprint density at radius 1 is 1.48 bits per heavy atom. The van der Waals surface area contributed by atoms with Gasteiger partial charge >= 0.3 is 5.97 Å². The van der Waals surface area contributed by atoms with E-state index < -0.39 is 12.1 Å². The molecule has 6 heteroatoms. The van der Waals surface area contributed by atoms with Gasteiger partial charge < -0.3 is 14.8 Å². The first kappa shape index (κ1) is 17.0. The van der Waals surface area contributed by atoms with E-state index in [4.69, 9.17) is 21.1 Å². The average molecular weight is 312 g/mol. The van der Waals surface area contributed by atoms with E-state index >= 15 is 0 Å². The lowest BCUT2D eigenvalue weighted by atomic mass is 10.1. The number of halogens is 1. The van der Waals surface area contributed by atoms with Crippen LogP contribution in [0.1, 0.15) is 12.5 Å². The fraction of sp³-hybridized carbons (Fsp3) is 0.333. The van der Waals surface area contributed by atoms with Gasteiger partial charge in [0, 0.05) is 17.1 Å². The van der Waals surface area contributed by atoms with Crippen LogP contribution in [0.3, 0.4) is 0 Å². The number of rotatable bonds is 7. The molecule has 21 heavy (non-hydrogen) atoms. The van der Waals surface area contributed by atoms with Gasteiger partial charge in [-0.15, -0.1) is 6.58 Å². The predicted octanol–water partition coefficient (Wildman–Crippen LogP) is 2.12. The van der Waals surface area contributed by atoms with E-state index in [-0.39, 0.29) is 12.3 Å². The van der Waals surface area contributed by atoms with Crippen LogP contribution in [0.4, 0.5) is 0 Å². The largest absolute Gasteiger partial charge is 0.496 e. The van der Waals surface area contributed by atoms with Crippen LogP contribution in [0, 0.1) is 0 Å². The maximum absolute atomic E-state index is 11.9. The summed E-state index contributed by atoms with van der Waals surface area (Å²) < 4.78 is 10.2. The normalized spacial score (nSPS) is 11.4. The molecule has 0 saturated heterocycles. The van der Waals surface area contributed by atoms with E-state index in [1.807, 2.05) is 0 Å². The Labute approximate surface area is 128 Å². The van der Waals surface area contributed by atoms with Gasteiger partial charge in [0.15, 0.2) is 6.10 Å². The highest BCUT2D eigenvalue weighted by molar-refractivity contribution is 6.30. The molecule has 5 nitrogen and oxygen atoms in total. The van der Waals surface area contributed by atoms with Gasteiger partial charge in [-0.2, -0.15) is 0 Å². The van der Waals surface area contributed by atoms with Crippen molar-refractivity contribution < 1.29 is 19.1 Å². The number of esters is 1. The highest BCUT2D eigenvalue weighted by atomic mass is 35.5. The Kier molecular flexibility index (Phi) is 6.75. The zero-order chi connectivity index (χ0) is 15.8. The minimum absolute atomic E-state index is 0.0250. The number of hydrogen-bond acceptors (Lipinski definition) is 4. The molecule has 1 N–H and O–H groups in total. The molecule has 0 radical (unpaired) electrons. The Balaban J connectivity index is 2.63. The van der Waals surface area contributed by atoms with Crippen molar-refractivity contribution in [3.63, 3.8) is 0 Å². The van der Waals surface area contributed by atoms with Crippen molar-refractivity contribution in [2.75, 3.05) is 13.7 Å². The van der Waals surface area contributed by atoms with Crippen molar-refractivity contribution in [1.29, 1.82) is 0 Å². The maximum atomic E-state index is 11.9. The first-order valence-electron chi connectivity index (χ1n) is 6.38. The highest BCUT2D eigenvalue weighted by Gasteiger charge is 2.18. The number of ether oxygens (including phenoxy) is 2. The molecule has 0 bridgehead atoms. The molecule has 0 spiro atoms. The molecule has 0 heterocycles. The molecule has 1 aromatic carbocycles. The number of carbonyl (C=O) groups excluding carboxylic acids is 2. The number of carbonyl (C=O) groups is 2. The van der Waals surface area contributed by atoms with E-state index in [1.54, 1.807) is 24.3 Å². The number of amides is 1. The lowest BCUT2D eigenvalue weighted by Crippen LogP contribution is -2.36. The first-order chi connectivity index (χ1) is 9.97. The third kappa shape index (κ3) is 5.47. The van der Waals surface area contributed by atoms with E-state index in [0.29, 0.717) is 22.9 Å². The molecular formula is C15H18ClNO4. The smallest absolute Gasteiger partial charge is 0.311 e. The Morgan fingerprint density at radius 2 is 2.19 bits per heavy atom. The van der Waals surface area contributed by atoms with Gasteiger partial charge in [0.2, 0.25) is 0 Å². The second-order valence-corrected chi connectivity index (χ2v) is 4.74. The summed E-state index contributed by atoms with van der Waals surface area (Å²) in [6.07, 6.45) is 0.647. The lowest BCUT2D eigenvalue weighted by molar-refractivity contribution is -0.154. The van der Waals surface area contributed by atoms with Crippen LogP contribution in [0.25, 0.3) is 0 Å². The van der Waals surface area contributed by atoms with Crippen LogP contribution < -0.4 is 10.1 Å². The monoisotopic (exact) mass is 311 g/mol. The molecule has 1 amide bonds. The summed E-state index contributed by atoms with van der Waals surface area (Å²) in [5, 5.41) is 3.05. The van der Waals surface area contributed by atoms with Crippen LogP contribution in [-0.2, 0) is 20.7 Å². The van der Waals surface area contributed by atoms with Crippen LogP contribution in [-0.4, -0.2) is 31.6 Å². The Bertz CT molecular complexity index is 530. The van der Waals surface area contributed by atoms with Gasteiger partial charge in [0.05, 0.1) is 13.5 Å².